The lowest BCUT2D eigenvalue weighted by Crippen LogP contribution is -2.13. The van der Waals surface area contributed by atoms with Crippen LogP contribution in [0.3, 0.4) is 0 Å². The van der Waals surface area contributed by atoms with Gasteiger partial charge in [-0.3, -0.25) is 4.72 Å². The van der Waals surface area contributed by atoms with Crippen LogP contribution in [0.5, 0.6) is 0 Å². The molecule has 2 heterocycles. The fraction of sp³-hybridized carbons (Fsp3) is 0.222. The molecule has 0 spiro atoms. The highest BCUT2D eigenvalue weighted by molar-refractivity contribution is 7.93. The van der Waals surface area contributed by atoms with E-state index in [1.807, 2.05) is 0 Å². The lowest BCUT2D eigenvalue weighted by Gasteiger charge is -2.07. The van der Waals surface area contributed by atoms with Crippen molar-refractivity contribution in [3.05, 3.63) is 22.3 Å². The van der Waals surface area contributed by atoms with E-state index < -0.39 is 10.0 Å². The first-order valence-corrected chi connectivity index (χ1v) is 7.76. The molecule has 2 N–H and O–H groups in total. The van der Waals surface area contributed by atoms with Gasteiger partial charge in [-0.25, -0.2) is 13.4 Å². The second-order valence-electron chi connectivity index (χ2n) is 3.48. The Balaban J connectivity index is 2.31. The molecular formula is C9H10ClN5O2S2. The Hall–Kier alpha value is -1.45. The van der Waals surface area contributed by atoms with Gasteiger partial charge in [0.05, 0.1) is 5.02 Å². The summed E-state index contributed by atoms with van der Waals surface area (Å²) >= 11 is 7.04. The van der Waals surface area contributed by atoms with Crippen LogP contribution in [0.1, 0.15) is 5.01 Å². The van der Waals surface area contributed by atoms with Gasteiger partial charge in [0.15, 0.2) is 0 Å². The van der Waals surface area contributed by atoms with Crippen LogP contribution in [-0.2, 0) is 10.0 Å². The topological polar surface area (TPSA) is 96.9 Å². The normalized spacial score (nSPS) is 11.3. The second-order valence-corrected chi connectivity index (χ2v) is 6.75. The Bertz CT molecular complexity index is 700. The number of aryl methyl sites for hydroxylation is 1. The largest absolute Gasteiger partial charge is 0.372 e. The maximum atomic E-state index is 12.1. The predicted molar refractivity (Wildman–Crippen MR) is 74.2 cm³/mol. The van der Waals surface area contributed by atoms with Crippen LogP contribution in [0.4, 0.5) is 10.9 Å². The summed E-state index contributed by atoms with van der Waals surface area (Å²) in [7, 11) is -2.12. The molecule has 102 valence electrons. The third-order valence-electron chi connectivity index (χ3n) is 2.11. The molecule has 0 atom stereocenters. The summed E-state index contributed by atoms with van der Waals surface area (Å²) in [4.78, 5) is 3.88. The van der Waals surface area contributed by atoms with Crippen LogP contribution in [0.25, 0.3) is 0 Å². The quantitative estimate of drug-likeness (QED) is 0.891. The van der Waals surface area contributed by atoms with Gasteiger partial charge >= 0.3 is 0 Å². The van der Waals surface area contributed by atoms with Crippen LogP contribution in [0.15, 0.2) is 17.2 Å². The number of nitrogens with zero attached hydrogens (tertiary/aromatic N) is 3. The minimum atomic E-state index is -3.76. The molecule has 0 aliphatic carbocycles. The molecule has 2 aromatic rings. The molecule has 0 fully saturated rings. The second kappa shape index (κ2) is 5.27. The van der Waals surface area contributed by atoms with Crippen LogP contribution >= 0.6 is 22.9 Å². The number of sulfonamides is 1. The van der Waals surface area contributed by atoms with E-state index in [0.717, 1.165) is 11.3 Å². The van der Waals surface area contributed by atoms with Crippen molar-refractivity contribution < 1.29 is 8.42 Å². The summed E-state index contributed by atoms with van der Waals surface area (Å²) in [5.74, 6) is 0.410. The molecule has 0 saturated heterocycles. The highest BCUT2D eigenvalue weighted by atomic mass is 35.5. The monoisotopic (exact) mass is 319 g/mol. The van der Waals surface area contributed by atoms with Crippen LogP contribution < -0.4 is 10.0 Å². The lowest BCUT2D eigenvalue weighted by atomic mass is 10.4. The van der Waals surface area contributed by atoms with Crippen molar-refractivity contribution in [2.24, 2.45) is 0 Å². The zero-order valence-corrected chi connectivity index (χ0v) is 12.4. The fourth-order valence-electron chi connectivity index (χ4n) is 1.26. The molecular weight excluding hydrogens is 310 g/mol. The Morgan fingerprint density at radius 3 is 2.63 bits per heavy atom. The molecule has 7 nitrogen and oxygen atoms in total. The number of hydrogen-bond donors (Lipinski definition) is 2. The van der Waals surface area contributed by atoms with Crippen LogP contribution in [0.2, 0.25) is 5.02 Å². The zero-order chi connectivity index (χ0) is 14.0. The molecule has 2 aromatic heterocycles. The lowest BCUT2D eigenvalue weighted by molar-refractivity contribution is 0.600. The third kappa shape index (κ3) is 3.11. The van der Waals surface area contributed by atoms with E-state index in [0.29, 0.717) is 10.8 Å². The fourth-order valence-corrected chi connectivity index (χ4v) is 3.38. The minimum Gasteiger partial charge on any atom is -0.372 e. The van der Waals surface area contributed by atoms with Gasteiger partial charge < -0.3 is 5.32 Å². The van der Waals surface area contributed by atoms with Gasteiger partial charge in [0, 0.05) is 13.2 Å². The van der Waals surface area contributed by atoms with Crippen LogP contribution in [-0.4, -0.2) is 30.6 Å². The first-order chi connectivity index (χ1) is 8.92. The number of halogens is 1. The van der Waals surface area contributed by atoms with E-state index in [9.17, 15) is 8.42 Å². The van der Waals surface area contributed by atoms with Crippen molar-refractivity contribution in [2.75, 3.05) is 17.1 Å². The van der Waals surface area contributed by atoms with Crippen molar-refractivity contribution in [3.63, 3.8) is 0 Å². The van der Waals surface area contributed by atoms with Crippen LogP contribution in [0, 0.1) is 6.92 Å². The average Bonchev–Trinajstić information content (AvgIpc) is 2.73. The first kappa shape index (κ1) is 14.0. The van der Waals surface area contributed by atoms with Gasteiger partial charge in [0.2, 0.25) is 5.13 Å². The van der Waals surface area contributed by atoms with Crippen molar-refractivity contribution in [2.45, 2.75) is 11.8 Å². The smallest absolute Gasteiger partial charge is 0.265 e. The number of rotatable bonds is 4. The Morgan fingerprint density at radius 2 is 2.11 bits per heavy atom. The van der Waals surface area contributed by atoms with Gasteiger partial charge in [0.25, 0.3) is 10.0 Å². The van der Waals surface area contributed by atoms with Gasteiger partial charge in [-0.15, -0.1) is 10.2 Å². The number of pyridine rings is 1. The summed E-state index contributed by atoms with van der Waals surface area (Å²) in [5.41, 5.74) is 0. The average molecular weight is 320 g/mol. The standard InChI is InChI=1S/C9H10ClN5O2S2/c1-5-13-14-9(18-5)15-19(16,17)6-3-7(10)8(11-2)12-4-6/h3-4H,1-2H3,(H,11,12)(H,14,15). The SMILES string of the molecule is CNc1ncc(S(=O)(=O)Nc2nnc(C)s2)cc1Cl. The Morgan fingerprint density at radius 1 is 1.37 bits per heavy atom. The van der Waals surface area contributed by atoms with Crippen molar-refractivity contribution in [1.29, 1.82) is 0 Å². The number of nitrogens with one attached hydrogen (secondary N) is 2. The van der Waals surface area contributed by atoms with Gasteiger partial charge in [-0.2, -0.15) is 0 Å². The predicted octanol–water partition coefficient (Wildman–Crippen LogP) is 1.74. The summed E-state index contributed by atoms with van der Waals surface area (Å²) in [5, 5.41) is 11.3. The highest BCUT2D eigenvalue weighted by Crippen LogP contribution is 2.24. The minimum absolute atomic E-state index is 0.0376. The van der Waals surface area contributed by atoms with Crippen molar-refractivity contribution >= 4 is 43.9 Å². The number of hydrogen-bond acceptors (Lipinski definition) is 7. The molecule has 10 heteroatoms. The van der Waals surface area contributed by atoms with Gasteiger partial charge in [-0.05, 0) is 13.0 Å². The van der Waals surface area contributed by atoms with Crippen molar-refractivity contribution in [3.8, 4) is 0 Å². The molecule has 2 rings (SSSR count). The molecule has 0 saturated carbocycles. The highest BCUT2D eigenvalue weighted by Gasteiger charge is 2.18. The molecule has 0 aliphatic heterocycles. The molecule has 0 aliphatic rings. The third-order valence-corrected chi connectivity index (χ3v) is 4.59. The summed E-state index contributed by atoms with van der Waals surface area (Å²) in [6, 6.07) is 1.32. The summed E-state index contributed by atoms with van der Waals surface area (Å²) < 4.78 is 26.5. The number of aromatic nitrogens is 3. The number of anilines is 2. The molecule has 19 heavy (non-hydrogen) atoms. The maximum absolute atomic E-state index is 12.1. The zero-order valence-electron chi connectivity index (χ0n) is 10.0. The molecule has 0 bridgehead atoms. The van der Waals surface area contributed by atoms with E-state index in [1.54, 1.807) is 14.0 Å². The van der Waals surface area contributed by atoms with E-state index >= 15 is 0 Å². The summed E-state index contributed by atoms with van der Waals surface area (Å²) in [6.07, 6.45) is 1.22. The van der Waals surface area contributed by atoms with E-state index in [1.165, 1.54) is 12.3 Å². The molecule has 0 aromatic carbocycles. The Kier molecular flexibility index (Phi) is 3.88. The van der Waals surface area contributed by atoms with E-state index in [2.05, 4.69) is 25.2 Å². The van der Waals surface area contributed by atoms with Crippen molar-refractivity contribution in [1.82, 2.24) is 15.2 Å². The van der Waals surface area contributed by atoms with Gasteiger partial charge in [-0.1, -0.05) is 22.9 Å². The first-order valence-electron chi connectivity index (χ1n) is 5.08. The summed E-state index contributed by atoms with van der Waals surface area (Å²) in [6.45, 7) is 1.73. The molecule has 0 amide bonds. The van der Waals surface area contributed by atoms with E-state index in [4.69, 9.17) is 11.6 Å². The Labute approximate surface area is 119 Å². The van der Waals surface area contributed by atoms with Gasteiger partial charge in [0.1, 0.15) is 15.7 Å². The molecule has 0 radical (unpaired) electrons. The van der Waals surface area contributed by atoms with E-state index in [-0.39, 0.29) is 15.0 Å². The maximum Gasteiger partial charge on any atom is 0.265 e. The molecule has 0 unspecified atom stereocenters.